The summed E-state index contributed by atoms with van der Waals surface area (Å²) in [5.74, 6) is 2.66. The molecule has 0 aliphatic carbocycles. The number of nitrogens with zero attached hydrogens (tertiary/aromatic N) is 2. The van der Waals surface area contributed by atoms with Crippen molar-refractivity contribution in [1.29, 1.82) is 0 Å². The Labute approximate surface area is 212 Å². The van der Waals surface area contributed by atoms with Crippen molar-refractivity contribution in [2.45, 2.75) is 19.3 Å². The zero-order valence-corrected chi connectivity index (χ0v) is 22.2. The molecule has 1 aliphatic rings. The van der Waals surface area contributed by atoms with Crippen LogP contribution in [-0.4, -0.2) is 82.9 Å². The highest BCUT2D eigenvalue weighted by Gasteiger charge is 2.16. The summed E-state index contributed by atoms with van der Waals surface area (Å²) in [5, 5.41) is 7.75. The van der Waals surface area contributed by atoms with Gasteiger partial charge in [-0.05, 0) is 25.3 Å². The maximum atomic E-state index is 11.9. The van der Waals surface area contributed by atoms with Crippen molar-refractivity contribution < 1.29 is 19.0 Å². The molecular formula is C23H36IN5O4. The van der Waals surface area contributed by atoms with Gasteiger partial charge in [0, 0.05) is 62.9 Å². The number of fused-ring (bicyclic) bond motifs is 1. The number of carbonyl (C=O) groups excluding carboxylic acids is 1. The third kappa shape index (κ3) is 7.95. The van der Waals surface area contributed by atoms with Gasteiger partial charge >= 0.3 is 0 Å². The zero-order chi connectivity index (χ0) is 22.9. The van der Waals surface area contributed by atoms with E-state index < -0.39 is 0 Å². The number of hydrogen-bond acceptors (Lipinski definition) is 5. The smallest absolute Gasteiger partial charge is 0.243 e. The van der Waals surface area contributed by atoms with Gasteiger partial charge in [0.15, 0.2) is 5.96 Å². The number of aromatic nitrogens is 1. The highest BCUT2D eigenvalue weighted by Crippen LogP contribution is 2.31. The predicted molar refractivity (Wildman–Crippen MR) is 141 cm³/mol. The molecule has 3 N–H and O–H groups in total. The lowest BCUT2D eigenvalue weighted by atomic mass is 10.1. The number of halogens is 1. The number of aromatic amines is 1. The zero-order valence-electron chi connectivity index (χ0n) is 19.9. The number of ether oxygens (including phenoxy) is 3. The number of likely N-dealkylation sites (N-methyl/N-ethyl adjacent to an activating group) is 1. The van der Waals surface area contributed by atoms with E-state index in [0.29, 0.717) is 11.9 Å². The third-order valence-electron chi connectivity index (χ3n) is 5.55. The maximum Gasteiger partial charge on any atom is 0.243 e. The van der Waals surface area contributed by atoms with Crippen LogP contribution in [0.5, 0.6) is 11.5 Å². The average Bonchev–Trinajstić information content (AvgIpc) is 3.46. The molecule has 2 heterocycles. The number of amides is 1. The SMILES string of the molecule is COc1cc(OC)c2cc(CCCNC(=NCC(=O)N(C)C)NCC3CCOC3)[nH]c2c1.I. The minimum Gasteiger partial charge on any atom is -0.497 e. The fourth-order valence-electron chi connectivity index (χ4n) is 3.59. The standard InChI is InChI=1S/C23H35N5O4.HI/c1-28(2)22(29)14-26-23(25-13-16-7-9-32-15-16)24-8-5-6-17-10-19-20(27-17)11-18(30-3)12-21(19)31-4;/h10-12,16,27H,5-9,13-15H2,1-4H3,(H2,24,25,26);1H. The Hall–Kier alpha value is -2.21. The third-order valence-corrected chi connectivity index (χ3v) is 5.55. The van der Waals surface area contributed by atoms with Gasteiger partial charge in [0.05, 0.1) is 26.3 Å². The van der Waals surface area contributed by atoms with Crippen molar-refractivity contribution in [2.75, 3.05) is 61.2 Å². The van der Waals surface area contributed by atoms with Gasteiger partial charge in [-0.25, -0.2) is 4.99 Å². The molecule has 0 radical (unpaired) electrons. The number of nitrogens with one attached hydrogen (secondary N) is 3. The first-order chi connectivity index (χ1) is 15.5. The van der Waals surface area contributed by atoms with Crippen LogP contribution in [0.3, 0.4) is 0 Å². The summed E-state index contributed by atoms with van der Waals surface area (Å²) in [6.07, 6.45) is 2.82. The van der Waals surface area contributed by atoms with E-state index in [1.54, 1.807) is 33.2 Å². The summed E-state index contributed by atoms with van der Waals surface area (Å²) < 4.78 is 16.3. The van der Waals surface area contributed by atoms with Crippen LogP contribution in [0.15, 0.2) is 23.2 Å². The topological polar surface area (TPSA) is 100 Å². The number of aliphatic imine (C=N–C) groups is 1. The Kier molecular flexibility index (Phi) is 11.0. The molecular weight excluding hydrogens is 537 g/mol. The quantitative estimate of drug-likeness (QED) is 0.175. The molecule has 184 valence electrons. The number of methoxy groups -OCH3 is 2. The van der Waals surface area contributed by atoms with E-state index in [1.165, 1.54) is 0 Å². The Bertz CT molecular complexity index is 925. The van der Waals surface area contributed by atoms with Crippen LogP contribution in [0.1, 0.15) is 18.5 Å². The van der Waals surface area contributed by atoms with E-state index in [-0.39, 0.29) is 36.4 Å². The molecule has 0 bridgehead atoms. The minimum atomic E-state index is -0.0299. The lowest BCUT2D eigenvalue weighted by Gasteiger charge is -2.15. The Balaban J connectivity index is 0.00000385. The summed E-state index contributed by atoms with van der Waals surface area (Å²) in [6, 6.07) is 5.99. The first-order valence-corrected chi connectivity index (χ1v) is 11.0. The van der Waals surface area contributed by atoms with Gasteiger partial charge in [-0.15, -0.1) is 24.0 Å². The van der Waals surface area contributed by atoms with Crippen LogP contribution in [0.2, 0.25) is 0 Å². The molecule has 0 spiro atoms. The highest BCUT2D eigenvalue weighted by molar-refractivity contribution is 14.0. The van der Waals surface area contributed by atoms with E-state index in [9.17, 15) is 4.79 Å². The van der Waals surface area contributed by atoms with Gasteiger partial charge in [-0.1, -0.05) is 0 Å². The van der Waals surface area contributed by atoms with Crippen molar-refractivity contribution in [3.63, 3.8) is 0 Å². The molecule has 1 atom stereocenters. The molecule has 33 heavy (non-hydrogen) atoms. The Morgan fingerprint density at radius 2 is 2.06 bits per heavy atom. The van der Waals surface area contributed by atoms with Crippen molar-refractivity contribution in [3.8, 4) is 11.5 Å². The van der Waals surface area contributed by atoms with Gasteiger partial charge in [-0.3, -0.25) is 4.79 Å². The summed E-state index contributed by atoms with van der Waals surface area (Å²) in [6.45, 7) is 3.22. The number of aryl methyl sites for hydroxylation is 1. The predicted octanol–water partition coefficient (Wildman–Crippen LogP) is 2.40. The maximum absolute atomic E-state index is 11.9. The van der Waals surface area contributed by atoms with Crippen LogP contribution >= 0.6 is 24.0 Å². The summed E-state index contributed by atoms with van der Waals surface area (Å²) in [5.41, 5.74) is 2.12. The number of carbonyl (C=O) groups is 1. The second-order valence-corrected chi connectivity index (χ2v) is 8.18. The van der Waals surface area contributed by atoms with Crippen molar-refractivity contribution in [2.24, 2.45) is 10.9 Å². The summed E-state index contributed by atoms with van der Waals surface area (Å²) >= 11 is 0. The van der Waals surface area contributed by atoms with Crippen LogP contribution < -0.4 is 20.1 Å². The molecule has 3 rings (SSSR count). The lowest BCUT2D eigenvalue weighted by molar-refractivity contribution is -0.127. The first kappa shape index (κ1) is 27.0. The van der Waals surface area contributed by atoms with Crippen molar-refractivity contribution in [3.05, 3.63) is 23.9 Å². The molecule has 2 aromatic rings. The van der Waals surface area contributed by atoms with Crippen LogP contribution in [0.25, 0.3) is 10.9 Å². The van der Waals surface area contributed by atoms with E-state index in [2.05, 4.69) is 26.7 Å². The number of hydrogen-bond donors (Lipinski definition) is 3. The van der Waals surface area contributed by atoms with Crippen LogP contribution in [0, 0.1) is 5.92 Å². The Morgan fingerprint density at radius 1 is 1.24 bits per heavy atom. The van der Waals surface area contributed by atoms with Crippen LogP contribution in [-0.2, 0) is 16.0 Å². The summed E-state index contributed by atoms with van der Waals surface area (Å²) in [7, 11) is 6.78. The number of benzene rings is 1. The van der Waals surface area contributed by atoms with Gasteiger partial charge < -0.3 is 34.7 Å². The van der Waals surface area contributed by atoms with Gasteiger partial charge in [0.1, 0.15) is 18.0 Å². The second kappa shape index (κ2) is 13.5. The minimum absolute atomic E-state index is 0. The second-order valence-electron chi connectivity index (χ2n) is 8.18. The Morgan fingerprint density at radius 3 is 2.73 bits per heavy atom. The lowest BCUT2D eigenvalue weighted by Crippen LogP contribution is -2.41. The monoisotopic (exact) mass is 573 g/mol. The van der Waals surface area contributed by atoms with E-state index in [0.717, 1.165) is 73.7 Å². The molecule has 1 fully saturated rings. The molecule has 9 nitrogen and oxygen atoms in total. The van der Waals surface area contributed by atoms with Gasteiger partial charge in [-0.2, -0.15) is 0 Å². The molecule has 1 amide bonds. The van der Waals surface area contributed by atoms with Crippen LogP contribution in [0.4, 0.5) is 0 Å². The fraction of sp³-hybridized carbons (Fsp3) is 0.565. The number of H-pyrrole nitrogens is 1. The largest absolute Gasteiger partial charge is 0.497 e. The molecule has 1 aromatic carbocycles. The highest BCUT2D eigenvalue weighted by atomic mass is 127. The van der Waals surface area contributed by atoms with E-state index >= 15 is 0 Å². The van der Waals surface area contributed by atoms with Crippen molar-refractivity contribution in [1.82, 2.24) is 20.5 Å². The average molecular weight is 573 g/mol. The molecule has 1 aromatic heterocycles. The molecule has 1 aliphatic heterocycles. The van der Waals surface area contributed by atoms with Crippen molar-refractivity contribution >= 4 is 46.7 Å². The fourth-order valence-corrected chi connectivity index (χ4v) is 3.59. The molecule has 1 saturated heterocycles. The number of rotatable bonds is 10. The molecule has 0 saturated carbocycles. The number of guanidine groups is 1. The molecule has 10 heteroatoms. The van der Waals surface area contributed by atoms with Gasteiger partial charge in [0.25, 0.3) is 0 Å². The van der Waals surface area contributed by atoms with E-state index in [4.69, 9.17) is 14.2 Å². The first-order valence-electron chi connectivity index (χ1n) is 11.0. The van der Waals surface area contributed by atoms with Gasteiger partial charge in [0.2, 0.25) is 5.91 Å². The normalized spacial score (nSPS) is 15.8. The molecule has 1 unspecified atom stereocenters. The van der Waals surface area contributed by atoms with E-state index in [1.807, 2.05) is 12.1 Å². The summed E-state index contributed by atoms with van der Waals surface area (Å²) in [4.78, 5) is 21.4.